The molecule has 0 N–H and O–H groups in total. The summed E-state index contributed by atoms with van der Waals surface area (Å²) in [6.45, 7) is 4.55. The molecule has 1 aromatic rings. The highest BCUT2D eigenvalue weighted by atomic mass is 19.1. The lowest BCUT2D eigenvalue weighted by Crippen LogP contribution is -2.46. The van der Waals surface area contributed by atoms with E-state index in [0.717, 1.165) is 5.56 Å². The van der Waals surface area contributed by atoms with Crippen LogP contribution in [0.3, 0.4) is 0 Å². The lowest BCUT2D eigenvalue weighted by Gasteiger charge is -2.28. The number of halogens is 1. The Hall–Kier alpha value is -1.91. The van der Waals surface area contributed by atoms with Gasteiger partial charge >= 0.3 is 11.9 Å². The average molecular weight is 296 g/mol. The number of alkyl halides is 1. The molecule has 0 amide bonds. The summed E-state index contributed by atoms with van der Waals surface area (Å²) >= 11 is 0. The molecule has 0 saturated carbocycles. The first-order valence-electron chi connectivity index (χ1n) is 7.00. The summed E-state index contributed by atoms with van der Waals surface area (Å²) in [7, 11) is 0. The Bertz CT molecular complexity index is 464. The molecular formula is C16H21FO4. The average Bonchev–Trinajstić information content (AvgIpc) is 2.46. The maximum absolute atomic E-state index is 13.0. The van der Waals surface area contributed by atoms with Gasteiger partial charge in [-0.2, -0.15) is 0 Å². The minimum atomic E-state index is -1.74. The maximum atomic E-state index is 13.0. The molecule has 0 aliphatic heterocycles. The molecule has 0 aliphatic carbocycles. The van der Waals surface area contributed by atoms with E-state index in [-0.39, 0.29) is 19.6 Å². The minimum absolute atomic E-state index is 0.109. The lowest BCUT2D eigenvalue weighted by molar-refractivity contribution is -0.165. The summed E-state index contributed by atoms with van der Waals surface area (Å²) in [6.07, 6.45) is -0.298. The zero-order chi connectivity index (χ0) is 15.9. The van der Waals surface area contributed by atoms with Crippen molar-refractivity contribution in [3.8, 4) is 0 Å². The third-order valence-electron chi connectivity index (χ3n) is 3.26. The molecule has 0 radical (unpaired) electrons. The number of hydrogen-bond acceptors (Lipinski definition) is 4. The Labute approximate surface area is 124 Å². The standard InChI is InChI=1S/C16H21FO4/c1-4-20-14(18)16(10-11-17,15(19)21-5-2)13-8-6-12(3)7-9-13/h6-9H,4-5,10-11H2,1-3H3. The van der Waals surface area contributed by atoms with E-state index in [1.54, 1.807) is 38.1 Å². The Balaban J connectivity index is 3.38. The van der Waals surface area contributed by atoms with Gasteiger partial charge in [0.2, 0.25) is 0 Å². The van der Waals surface area contributed by atoms with Gasteiger partial charge in [-0.15, -0.1) is 0 Å². The van der Waals surface area contributed by atoms with Crippen molar-refractivity contribution in [2.75, 3.05) is 19.9 Å². The van der Waals surface area contributed by atoms with Crippen LogP contribution in [0.1, 0.15) is 31.4 Å². The molecule has 1 aromatic carbocycles. The Morgan fingerprint density at radius 1 is 1.05 bits per heavy atom. The van der Waals surface area contributed by atoms with Gasteiger partial charge in [-0.1, -0.05) is 29.8 Å². The van der Waals surface area contributed by atoms with Crippen molar-refractivity contribution in [1.29, 1.82) is 0 Å². The molecule has 21 heavy (non-hydrogen) atoms. The Morgan fingerprint density at radius 3 is 1.90 bits per heavy atom. The van der Waals surface area contributed by atoms with Crippen LogP contribution in [0, 0.1) is 6.92 Å². The summed E-state index contributed by atoms with van der Waals surface area (Å²) in [4.78, 5) is 24.7. The van der Waals surface area contributed by atoms with Crippen LogP contribution in [-0.4, -0.2) is 31.8 Å². The first-order chi connectivity index (χ1) is 10.0. The zero-order valence-electron chi connectivity index (χ0n) is 12.6. The molecule has 0 atom stereocenters. The number of rotatable bonds is 7. The van der Waals surface area contributed by atoms with Crippen LogP contribution in [0.15, 0.2) is 24.3 Å². The van der Waals surface area contributed by atoms with E-state index in [4.69, 9.17) is 9.47 Å². The number of aryl methyl sites for hydroxylation is 1. The maximum Gasteiger partial charge on any atom is 0.328 e. The van der Waals surface area contributed by atoms with Crippen molar-refractivity contribution in [1.82, 2.24) is 0 Å². The van der Waals surface area contributed by atoms with E-state index in [1.165, 1.54) is 0 Å². The number of benzene rings is 1. The predicted octanol–water partition coefficient (Wildman–Crippen LogP) is 2.72. The molecule has 0 aliphatic rings. The number of hydrogen-bond donors (Lipinski definition) is 0. The van der Waals surface area contributed by atoms with E-state index < -0.39 is 24.0 Å². The molecule has 0 heterocycles. The second-order valence-corrected chi connectivity index (χ2v) is 4.65. The number of carbonyl (C=O) groups excluding carboxylic acids is 2. The van der Waals surface area contributed by atoms with Crippen LogP contribution in [-0.2, 0) is 24.5 Å². The number of esters is 2. The topological polar surface area (TPSA) is 52.6 Å². The molecule has 0 unspecified atom stereocenters. The molecule has 5 heteroatoms. The van der Waals surface area contributed by atoms with Crippen LogP contribution in [0.5, 0.6) is 0 Å². The highest BCUT2D eigenvalue weighted by Crippen LogP contribution is 2.32. The van der Waals surface area contributed by atoms with Gasteiger partial charge in [0.15, 0.2) is 5.41 Å². The summed E-state index contributed by atoms with van der Waals surface area (Å²) in [6, 6.07) is 6.80. The number of ether oxygens (including phenoxy) is 2. The van der Waals surface area contributed by atoms with Crippen molar-refractivity contribution in [3.63, 3.8) is 0 Å². The normalized spacial score (nSPS) is 11.0. The van der Waals surface area contributed by atoms with E-state index in [2.05, 4.69) is 0 Å². The van der Waals surface area contributed by atoms with Crippen molar-refractivity contribution >= 4 is 11.9 Å². The van der Waals surface area contributed by atoms with Gasteiger partial charge in [0.05, 0.1) is 19.9 Å². The molecule has 0 fully saturated rings. The third kappa shape index (κ3) is 3.60. The third-order valence-corrected chi connectivity index (χ3v) is 3.26. The monoisotopic (exact) mass is 296 g/mol. The van der Waals surface area contributed by atoms with Crippen LogP contribution in [0.2, 0.25) is 0 Å². The predicted molar refractivity (Wildman–Crippen MR) is 76.7 cm³/mol. The first-order valence-corrected chi connectivity index (χ1v) is 7.00. The van der Waals surface area contributed by atoms with Crippen molar-refractivity contribution in [3.05, 3.63) is 35.4 Å². The Kier molecular flexibility index (Phi) is 6.34. The summed E-state index contributed by atoms with van der Waals surface area (Å²) < 4.78 is 23.0. The summed E-state index contributed by atoms with van der Waals surface area (Å²) in [5, 5.41) is 0. The fourth-order valence-electron chi connectivity index (χ4n) is 2.16. The van der Waals surface area contributed by atoms with Gasteiger partial charge in [0.1, 0.15) is 0 Å². The van der Waals surface area contributed by atoms with Gasteiger partial charge < -0.3 is 9.47 Å². The van der Waals surface area contributed by atoms with Crippen molar-refractivity contribution in [2.24, 2.45) is 0 Å². The second kappa shape index (κ2) is 7.76. The zero-order valence-corrected chi connectivity index (χ0v) is 12.6. The van der Waals surface area contributed by atoms with Gasteiger partial charge in [-0.3, -0.25) is 14.0 Å². The highest BCUT2D eigenvalue weighted by molar-refractivity contribution is 6.06. The van der Waals surface area contributed by atoms with Gasteiger partial charge in [-0.25, -0.2) is 0 Å². The van der Waals surface area contributed by atoms with E-state index in [9.17, 15) is 14.0 Å². The largest absolute Gasteiger partial charge is 0.465 e. The molecule has 0 saturated heterocycles. The fraction of sp³-hybridized carbons (Fsp3) is 0.500. The summed E-state index contributed by atoms with van der Waals surface area (Å²) in [5.74, 6) is -1.55. The van der Waals surface area contributed by atoms with Crippen LogP contribution in [0.25, 0.3) is 0 Å². The molecule has 0 spiro atoms. The molecule has 0 aromatic heterocycles. The second-order valence-electron chi connectivity index (χ2n) is 4.65. The lowest BCUT2D eigenvalue weighted by atomic mass is 9.77. The molecule has 0 bridgehead atoms. The van der Waals surface area contributed by atoms with Crippen LogP contribution >= 0.6 is 0 Å². The first kappa shape index (κ1) is 17.1. The minimum Gasteiger partial charge on any atom is -0.465 e. The molecular weight excluding hydrogens is 275 g/mol. The fourth-order valence-corrected chi connectivity index (χ4v) is 2.16. The SMILES string of the molecule is CCOC(=O)C(CCF)(C(=O)OCC)c1ccc(C)cc1. The van der Waals surface area contributed by atoms with Crippen molar-refractivity contribution in [2.45, 2.75) is 32.6 Å². The highest BCUT2D eigenvalue weighted by Gasteiger charge is 2.50. The summed E-state index contributed by atoms with van der Waals surface area (Å²) in [5.41, 5.74) is -0.377. The Morgan fingerprint density at radius 2 is 1.52 bits per heavy atom. The quantitative estimate of drug-likeness (QED) is 0.573. The van der Waals surface area contributed by atoms with Crippen LogP contribution < -0.4 is 0 Å². The van der Waals surface area contributed by atoms with Crippen LogP contribution in [0.4, 0.5) is 4.39 Å². The van der Waals surface area contributed by atoms with E-state index in [0.29, 0.717) is 5.56 Å². The van der Waals surface area contributed by atoms with Gasteiger partial charge in [-0.05, 0) is 26.3 Å². The van der Waals surface area contributed by atoms with Gasteiger partial charge in [0.25, 0.3) is 0 Å². The van der Waals surface area contributed by atoms with E-state index in [1.807, 2.05) is 6.92 Å². The van der Waals surface area contributed by atoms with Gasteiger partial charge in [0, 0.05) is 6.42 Å². The molecule has 116 valence electrons. The smallest absolute Gasteiger partial charge is 0.328 e. The molecule has 1 rings (SSSR count). The molecule has 4 nitrogen and oxygen atoms in total. The van der Waals surface area contributed by atoms with Crippen molar-refractivity contribution < 1.29 is 23.5 Å². The van der Waals surface area contributed by atoms with E-state index >= 15 is 0 Å². The number of carbonyl (C=O) groups is 2.